The third-order valence-electron chi connectivity index (χ3n) is 4.08. The number of hydrogen-bond donors (Lipinski definition) is 2. The molecule has 5 nitrogen and oxygen atoms in total. The molecule has 0 saturated heterocycles. The van der Waals surface area contributed by atoms with E-state index in [1.165, 1.54) is 6.92 Å². The summed E-state index contributed by atoms with van der Waals surface area (Å²) < 4.78 is 66.6. The number of sulfonamides is 1. The minimum atomic E-state index is -4.05. The fourth-order valence-electron chi connectivity index (χ4n) is 2.37. The highest BCUT2D eigenvalue weighted by atomic mass is 32.2. The van der Waals surface area contributed by atoms with Crippen molar-refractivity contribution in [3.05, 3.63) is 24.0 Å². The maximum atomic E-state index is 13.8. The van der Waals surface area contributed by atoms with Crippen LogP contribution in [0, 0.1) is 17.7 Å². The molecule has 0 aromatic heterocycles. The van der Waals surface area contributed by atoms with Crippen LogP contribution in [0.2, 0.25) is 0 Å². The molecule has 0 radical (unpaired) electrons. The van der Waals surface area contributed by atoms with Crippen LogP contribution >= 0.6 is 0 Å². The van der Waals surface area contributed by atoms with Gasteiger partial charge in [-0.2, -0.15) is 0 Å². The Morgan fingerprint density at radius 1 is 1.30 bits per heavy atom. The second-order valence-electron chi connectivity index (χ2n) is 5.97. The van der Waals surface area contributed by atoms with Crippen LogP contribution in [-0.2, 0) is 14.8 Å². The number of nitrogens with one attached hydrogen (secondary N) is 2. The van der Waals surface area contributed by atoms with Gasteiger partial charge in [-0.25, -0.2) is 26.3 Å². The van der Waals surface area contributed by atoms with Gasteiger partial charge in [0, 0.05) is 17.6 Å². The lowest BCUT2D eigenvalue weighted by Gasteiger charge is -2.10. The van der Waals surface area contributed by atoms with E-state index in [-0.39, 0.29) is 11.7 Å². The molecule has 2 fully saturated rings. The van der Waals surface area contributed by atoms with Crippen LogP contribution in [0.3, 0.4) is 0 Å². The van der Waals surface area contributed by atoms with Gasteiger partial charge in [-0.3, -0.25) is 4.79 Å². The molecule has 0 bridgehead atoms. The Balaban J connectivity index is 1.79. The highest BCUT2D eigenvalue weighted by Crippen LogP contribution is 2.55. The molecule has 2 unspecified atom stereocenters. The van der Waals surface area contributed by atoms with E-state index in [0.29, 0.717) is 12.8 Å². The first-order valence-electron chi connectivity index (χ1n) is 7.13. The van der Waals surface area contributed by atoms with Gasteiger partial charge in [-0.1, -0.05) is 6.92 Å². The van der Waals surface area contributed by atoms with Gasteiger partial charge in [0.05, 0.1) is 0 Å². The Hall–Kier alpha value is -1.61. The lowest BCUT2D eigenvalue weighted by molar-refractivity contribution is -0.119. The molecule has 2 aliphatic rings. The summed E-state index contributed by atoms with van der Waals surface area (Å²) in [5.74, 6) is -7.46. The lowest BCUT2D eigenvalue weighted by atomic mass is 10.2. The molecule has 1 aromatic carbocycles. The van der Waals surface area contributed by atoms with E-state index in [2.05, 4.69) is 10.0 Å². The molecule has 2 aliphatic carbocycles. The summed E-state index contributed by atoms with van der Waals surface area (Å²) >= 11 is 0. The Morgan fingerprint density at radius 2 is 1.91 bits per heavy atom. The summed E-state index contributed by atoms with van der Waals surface area (Å²) in [5, 5.41) is 2.22. The summed E-state index contributed by atoms with van der Waals surface area (Å²) in [5.41, 5.74) is -0.0394. The Kier molecular flexibility index (Phi) is 3.68. The first-order chi connectivity index (χ1) is 10.6. The summed E-state index contributed by atoms with van der Waals surface area (Å²) in [4.78, 5) is 11.2. The number of carbonyl (C=O) groups excluding carboxylic acids is 1. The highest BCUT2D eigenvalue weighted by molar-refractivity contribution is 7.89. The van der Waals surface area contributed by atoms with Crippen molar-refractivity contribution in [2.75, 3.05) is 5.32 Å². The van der Waals surface area contributed by atoms with Crippen LogP contribution in [0.5, 0.6) is 0 Å². The topological polar surface area (TPSA) is 75.3 Å². The minimum absolute atomic E-state index is 0.0394. The van der Waals surface area contributed by atoms with Crippen molar-refractivity contribution in [3.63, 3.8) is 0 Å². The molecular weight excluding hydrogens is 333 g/mol. The zero-order chi connectivity index (χ0) is 17.0. The van der Waals surface area contributed by atoms with Gasteiger partial charge in [0.2, 0.25) is 15.9 Å². The third-order valence-corrected chi connectivity index (χ3v) is 5.62. The van der Waals surface area contributed by atoms with Crippen molar-refractivity contribution in [3.8, 4) is 0 Å². The van der Waals surface area contributed by atoms with Crippen molar-refractivity contribution >= 4 is 21.6 Å². The molecule has 23 heavy (non-hydrogen) atoms. The van der Waals surface area contributed by atoms with Crippen LogP contribution in [-0.4, -0.2) is 26.3 Å². The predicted octanol–water partition coefficient (Wildman–Crippen LogP) is 2.11. The molecule has 1 amide bonds. The van der Waals surface area contributed by atoms with Gasteiger partial charge in [0.25, 0.3) is 5.92 Å². The highest BCUT2D eigenvalue weighted by Gasteiger charge is 2.69. The number of amides is 1. The van der Waals surface area contributed by atoms with Crippen molar-refractivity contribution in [2.45, 2.75) is 36.6 Å². The predicted molar refractivity (Wildman–Crippen MR) is 76.0 cm³/mol. The van der Waals surface area contributed by atoms with Gasteiger partial charge in [-0.05, 0) is 31.0 Å². The van der Waals surface area contributed by atoms with E-state index >= 15 is 0 Å². The molecule has 2 saturated carbocycles. The van der Waals surface area contributed by atoms with E-state index in [0.717, 1.165) is 18.2 Å². The first-order valence-corrected chi connectivity index (χ1v) is 8.62. The largest absolute Gasteiger partial charge is 0.326 e. The Labute approximate surface area is 131 Å². The first kappa shape index (κ1) is 16.3. The summed E-state index contributed by atoms with van der Waals surface area (Å²) in [6, 6.07) is 2.74. The number of hydrogen-bond acceptors (Lipinski definition) is 3. The van der Waals surface area contributed by atoms with Crippen molar-refractivity contribution in [1.82, 2.24) is 4.72 Å². The van der Waals surface area contributed by atoms with Gasteiger partial charge in [0.1, 0.15) is 16.6 Å². The molecule has 2 atom stereocenters. The average molecular weight is 348 g/mol. The fourth-order valence-corrected chi connectivity index (χ4v) is 3.78. The fraction of sp³-hybridized carbons (Fsp3) is 0.500. The van der Waals surface area contributed by atoms with Crippen LogP contribution in [0.15, 0.2) is 23.1 Å². The third kappa shape index (κ3) is 3.07. The number of benzene rings is 1. The number of anilines is 1. The maximum absolute atomic E-state index is 13.8. The van der Waals surface area contributed by atoms with Crippen molar-refractivity contribution in [2.24, 2.45) is 11.8 Å². The zero-order valence-electron chi connectivity index (χ0n) is 12.1. The van der Waals surface area contributed by atoms with E-state index in [9.17, 15) is 26.4 Å². The second kappa shape index (κ2) is 5.20. The minimum Gasteiger partial charge on any atom is -0.326 e. The monoisotopic (exact) mass is 348 g/mol. The smallest absolute Gasteiger partial charge is 0.263 e. The summed E-state index contributed by atoms with van der Waals surface area (Å²) in [6.07, 6.45) is 1.37. The number of rotatable bonds is 5. The number of carbonyl (C=O) groups is 1. The average Bonchev–Trinajstić information content (AvgIpc) is 3.32. The lowest BCUT2D eigenvalue weighted by Crippen LogP contribution is -2.27. The zero-order valence-corrected chi connectivity index (χ0v) is 13.0. The molecular formula is C14H15F3N2O3S. The van der Waals surface area contributed by atoms with E-state index in [1.807, 2.05) is 0 Å². The van der Waals surface area contributed by atoms with Gasteiger partial charge in [0.15, 0.2) is 0 Å². The number of alkyl halides is 2. The van der Waals surface area contributed by atoms with E-state index in [1.54, 1.807) is 0 Å². The quantitative estimate of drug-likeness (QED) is 0.856. The number of halogens is 3. The Bertz CT molecular complexity index is 763. The van der Waals surface area contributed by atoms with E-state index < -0.39 is 44.4 Å². The standard InChI is InChI=1S/C14H15F3N2O3S/c1-7-12(14(7,16)17)13(20)18-9-4-5-10(15)11(6-9)23(21,22)19-8-2-3-8/h4-8,12,19H,2-3H2,1H3,(H,18,20). The maximum Gasteiger partial charge on any atom is 0.263 e. The summed E-state index contributed by atoms with van der Waals surface area (Å²) in [6.45, 7) is 1.25. The molecule has 3 rings (SSSR count). The van der Waals surface area contributed by atoms with Crippen molar-refractivity contribution < 1.29 is 26.4 Å². The van der Waals surface area contributed by atoms with Crippen LogP contribution < -0.4 is 10.0 Å². The van der Waals surface area contributed by atoms with Crippen LogP contribution in [0.4, 0.5) is 18.9 Å². The normalized spacial score (nSPS) is 25.9. The van der Waals surface area contributed by atoms with Gasteiger partial charge in [-0.15, -0.1) is 0 Å². The van der Waals surface area contributed by atoms with Crippen molar-refractivity contribution in [1.29, 1.82) is 0 Å². The summed E-state index contributed by atoms with van der Waals surface area (Å²) in [7, 11) is -4.05. The van der Waals surface area contributed by atoms with Gasteiger partial charge >= 0.3 is 0 Å². The Morgan fingerprint density at radius 3 is 2.43 bits per heavy atom. The molecule has 9 heteroatoms. The van der Waals surface area contributed by atoms with E-state index in [4.69, 9.17) is 0 Å². The van der Waals surface area contributed by atoms with Crippen LogP contribution in [0.1, 0.15) is 19.8 Å². The van der Waals surface area contributed by atoms with Gasteiger partial charge < -0.3 is 5.32 Å². The molecule has 0 heterocycles. The molecule has 1 aromatic rings. The molecule has 0 spiro atoms. The molecule has 2 N–H and O–H groups in total. The second-order valence-corrected chi connectivity index (χ2v) is 7.65. The molecule has 0 aliphatic heterocycles. The SMILES string of the molecule is CC1C(C(=O)Nc2ccc(F)c(S(=O)(=O)NC3CC3)c2)C1(F)F. The van der Waals surface area contributed by atoms with Crippen LogP contribution in [0.25, 0.3) is 0 Å². The molecule has 126 valence electrons.